The molecule has 0 spiro atoms. The molecule has 1 atom stereocenters. The fourth-order valence-electron chi connectivity index (χ4n) is 2.49. The first-order valence-corrected chi connectivity index (χ1v) is 8.50. The highest BCUT2D eigenvalue weighted by Crippen LogP contribution is 2.23. The topological polar surface area (TPSA) is 12.0 Å². The lowest BCUT2D eigenvalue weighted by molar-refractivity contribution is 0.479. The van der Waals surface area contributed by atoms with E-state index in [0.717, 1.165) is 27.5 Å². The first-order chi connectivity index (χ1) is 10.1. The summed E-state index contributed by atoms with van der Waals surface area (Å²) in [6, 6.07) is 13.3. The number of nitrogens with one attached hydrogen (secondary N) is 1. The van der Waals surface area contributed by atoms with Crippen molar-refractivity contribution in [2.75, 3.05) is 13.6 Å². The van der Waals surface area contributed by atoms with Crippen LogP contribution in [-0.2, 0) is 12.8 Å². The molecular formula is C17H18Br2FN. The Morgan fingerprint density at radius 3 is 2.48 bits per heavy atom. The SMILES string of the molecule is CNCC(Cc1cc(Br)ccc1F)Cc1ccccc1Br. The predicted molar refractivity (Wildman–Crippen MR) is 93.1 cm³/mol. The predicted octanol–water partition coefficient (Wildman–Crippen LogP) is 4.97. The molecule has 21 heavy (non-hydrogen) atoms. The molecule has 0 heterocycles. The minimum absolute atomic E-state index is 0.133. The Labute approximate surface area is 142 Å². The maximum atomic E-state index is 13.9. The number of rotatable bonds is 6. The summed E-state index contributed by atoms with van der Waals surface area (Å²) in [6.07, 6.45) is 1.63. The summed E-state index contributed by atoms with van der Waals surface area (Å²) in [6.45, 7) is 0.854. The Hall–Kier alpha value is -0.710. The van der Waals surface area contributed by atoms with Gasteiger partial charge < -0.3 is 5.32 Å². The minimum Gasteiger partial charge on any atom is -0.319 e. The van der Waals surface area contributed by atoms with Gasteiger partial charge in [-0.25, -0.2) is 4.39 Å². The highest BCUT2D eigenvalue weighted by molar-refractivity contribution is 9.10. The van der Waals surface area contributed by atoms with Gasteiger partial charge in [0.25, 0.3) is 0 Å². The van der Waals surface area contributed by atoms with Crippen LogP contribution in [0.2, 0.25) is 0 Å². The zero-order chi connectivity index (χ0) is 15.2. The molecule has 0 aliphatic carbocycles. The molecular weight excluding hydrogens is 397 g/mol. The van der Waals surface area contributed by atoms with Crippen molar-refractivity contribution in [3.63, 3.8) is 0 Å². The Morgan fingerprint density at radius 2 is 1.76 bits per heavy atom. The van der Waals surface area contributed by atoms with E-state index in [1.165, 1.54) is 11.6 Å². The first kappa shape index (κ1) is 16.7. The van der Waals surface area contributed by atoms with Gasteiger partial charge in [0.05, 0.1) is 0 Å². The fourth-order valence-corrected chi connectivity index (χ4v) is 3.35. The Bertz CT molecular complexity index is 601. The second-order valence-corrected chi connectivity index (χ2v) is 6.93. The zero-order valence-corrected chi connectivity index (χ0v) is 15.0. The maximum Gasteiger partial charge on any atom is 0.126 e. The summed E-state index contributed by atoms with van der Waals surface area (Å²) in [5.74, 6) is 0.212. The maximum absolute atomic E-state index is 13.9. The van der Waals surface area contributed by atoms with E-state index >= 15 is 0 Å². The van der Waals surface area contributed by atoms with E-state index in [9.17, 15) is 4.39 Å². The monoisotopic (exact) mass is 413 g/mol. The van der Waals surface area contributed by atoms with Crippen LogP contribution in [0.4, 0.5) is 4.39 Å². The lowest BCUT2D eigenvalue weighted by Crippen LogP contribution is -2.23. The fraction of sp³-hybridized carbons (Fsp3) is 0.294. The largest absolute Gasteiger partial charge is 0.319 e. The number of hydrogen-bond acceptors (Lipinski definition) is 1. The molecule has 0 aliphatic heterocycles. The molecule has 112 valence electrons. The molecule has 4 heteroatoms. The molecule has 2 rings (SSSR count). The van der Waals surface area contributed by atoms with Gasteiger partial charge in [-0.1, -0.05) is 50.1 Å². The highest BCUT2D eigenvalue weighted by Gasteiger charge is 2.14. The Kier molecular flexibility index (Phi) is 6.40. The number of hydrogen-bond donors (Lipinski definition) is 1. The minimum atomic E-state index is -0.133. The quantitative estimate of drug-likeness (QED) is 0.703. The van der Waals surface area contributed by atoms with E-state index < -0.39 is 0 Å². The molecule has 0 amide bonds. The van der Waals surface area contributed by atoms with E-state index in [1.54, 1.807) is 6.07 Å². The molecule has 1 nitrogen and oxygen atoms in total. The van der Waals surface area contributed by atoms with Crippen LogP contribution in [0, 0.1) is 11.7 Å². The van der Waals surface area contributed by atoms with Crippen molar-refractivity contribution in [1.29, 1.82) is 0 Å². The van der Waals surface area contributed by atoms with Gasteiger partial charge in [0.15, 0.2) is 0 Å². The van der Waals surface area contributed by atoms with Gasteiger partial charge in [-0.3, -0.25) is 0 Å². The summed E-state index contributed by atoms with van der Waals surface area (Å²) >= 11 is 7.00. The van der Waals surface area contributed by atoms with Gasteiger partial charge in [-0.15, -0.1) is 0 Å². The van der Waals surface area contributed by atoms with Gasteiger partial charge in [0.1, 0.15) is 5.82 Å². The summed E-state index contributed by atoms with van der Waals surface area (Å²) in [4.78, 5) is 0. The molecule has 0 saturated carbocycles. The van der Waals surface area contributed by atoms with Crippen molar-refractivity contribution in [1.82, 2.24) is 5.32 Å². The Morgan fingerprint density at radius 1 is 1.05 bits per heavy atom. The first-order valence-electron chi connectivity index (χ1n) is 6.92. The molecule has 2 aromatic carbocycles. The van der Waals surface area contributed by atoms with Crippen molar-refractivity contribution in [2.45, 2.75) is 12.8 Å². The normalized spacial score (nSPS) is 12.4. The van der Waals surface area contributed by atoms with Crippen LogP contribution in [0.5, 0.6) is 0 Å². The molecule has 0 bridgehead atoms. The molecule has 0 aliphatic rings. The van der Waals surface area contributed by atoms with Gasteiger partial charge >= 0.3 is 0 Å². The summed E-state index contributed by atoms with van der Waals surface area (Å²) < 4.78 is 16.0. The molecule has 0 saturated heterocycles. The van der Waals surface area contributed by atoms with E-state index in [2.05, 4.69) is 43.2 Å². The lowest BCUT2D eigenvalue weighted by Gasteiger charge is -2.18. The average Bonchev–Trinajstić information content (AvgIpc) is 2.45. The van der Waals surface area contributed by atoms with Crippen molar-refractivity contribution >= 4 is 31.9 Å². The number of halogens is 3. The van der Waals surface area contributed by atoms with E-state index in [-0.39, 0.29) is 5.82 Å². The van der Waals surface area contributed by atoms with Crippen molar-refractivity contribution in [3.8, 4) is 0 Å². The van der Waals surface area contributed by atoms with E-state index in [0.29, 0.717) is 12.3 Å². The van der Waals surface area contributed by atoms with Crippen LogP contribution < -0.4 is 5.32 Å². The number of benzene rings is 2. The summed E-state index contributed by atoms with van der Waals surface area (Å²) in [5.41, 5.74) is 2.02. The average molecular weight is 415 g/mol. The van der Waals surface area contributed by atoms with Crippen LogP contribution in [0.15, 0.2) is 51.4 Å². The molecule has 2 aromatic rings. The lowest BCUT2D eigenvalue weighted by atomic mass is 9.92. The van der Waals surface area contributed by atoms with Crippen molar-refractivity contribution in [3.05, 3.63) is 68.4 Å². The molecule has 0 fully saturated rings. The third kappa shape index (κ3) is 4.90. The third-order valence-electron chi connectivity index (χ3n) is 3.48. The van der Waals surface area contributed by atoms with Gasteiger partial charge in [-0.2, -0.15) is 0 Å². The van der Waals surface area contributed by atoms with E-state index in [4.69, 9.17) is 0 Å². The standard InChI is InChI=1S/C17H18Br2FN/c1-21-11-12(8-13-4-2-3-5-16(13)19)9-14-10-15(18)6-7-17(14)20/h2-7,10,12,21H,8-9,11H2,1H3. The molecule has 0 aromatic heterocycles. The second kappa shape index (κ2) is 8.06. The molecule has 1 N–H and O–H groups in total. The van der Waals surface area contributed by atoms with Crippen LogP contribution in [0.25, 0.3) is 0 Å². The zero-order valence-electron chi connectivity index (χ0n) is 11.9. The third-order valence-corrected chi connectivity index (χ3v) is 4.74. The smallest absolute Gasteiger partial charge is 0.126 e. The Balaban J connectivity index is 2.16. The van der Waals surface area contributed by atoms with Gasteiger partial charge in [0, 0.05) is 8.95 Å². The van der Waals surface area contributed by atoms with Crippen molar-refractivity contribution < 1.29 is 4.39 Å². The van der Waals surface area contributed by atoms with Crippen LogP contribution in [0.3, 0.4) is 0 Å². The summed E-state index contributed by atoms with van der Waals surface area (Å²) in [5, 5.41) is 3.21. The van der Waals surface area contributed by atoms with Crippen LogP contribution >= 0.6 is 31.9 Å². The second-order valence-electron chi connectivity index (χ2n) is 5.16. The van der Waals surface area contributed by atoms with Crippen LogP contribution in [-0.4, -0.2) is 13.6 Å². The van der Waals surface area contributed by atoms with Crippen molar-refractivity contribution in [2.24, 2.45) is 5.92 Å². The van der Waals surface area contributed by atoms with Gasteiger partial charge in [-0.05, 0) is 67.7 Å². The summed E-state index contributed by atoms with van der Waals surface area (Å²) in [7, 11) is 1.93. The highest BCUT2D eigenvalue weighted by atomic mass is 79.9. The van der Waals surface area contributed by atoms with E-state index in [1.807, 2.05) is 31.3 Å². The van der Waals surface area contributed by atoms with Crippen LogP contribution in [0.1, 0.15) is 11.1 Å². The molecule has 1 unspecified atom stereocenters. The van der Waals surface area contributed by atoms with Gasteiger partial charge in [0.2, 0.25) is 0 Å². The molecule has 0 radical (unpaired) electrons.